The summed E-state index contributed by atoms with van der Waals surface area (Å²) < 4.78 is 33.5. The zero-order chi connectivity index (χ0) is 23.9. The maximum Gasteiger partial charge on any atom is 0.244 e. The summed E-state index contributed by atoms with van der Waals surface area (Å²) >= 11 is 1.36. The molecule has 0 unspecified atom stereocenters. The number of sulfonamides is 1. The van der Waals surface area contributed by atoms with Crippen molar-refractivity contribution in [2.45, 2.75) is 56.9 Å². The summed E-state index contributed by atoms with van der Waals surface area (Å²) in [4.78, 5) is 18.8. The molecule has 1 saturated carbocycles. The van der Waals surface area contributed by atoms with Crippen LogP contribution in [0.15, 0.2) is 39.8 Å². The SMILES string of the molecule is Cc1ccc(CNC(=O)C2CCN(S(=O)(=O)c3cc(-c4noc(C5CC5)n4)sc3C)CC2)cc1. The molecule has 1 N–H and O–H groups in total. The molecule has 2 aliphatic rings. The third-order valence-corrected chi connectivity index (χ3v) is 9.69. The summed E-state index contributed by atoms with van der Waals surface area (Å²) in [5.74, 6) is 1.22. The fraction of sp³-hybridized carbons (Fsp3) is 0.458. The third-order valence-electron chi connectivity index (χ3n) is 6.49. The van der Waals surface area contributed by atoms with Crippen LogP contribution in [0.5, 0.6) is 0 Å². The van der Waals surface area contributed by atoms with Gasteiger partial charge in [-0.1, -0.05) is 35.0 Å². The standard InChI is InChI=1S/C24H28N4O4S2/c1-15-3-5-17(6-4-15)14-25-23(29)18-9-11-28(12-10-18)34(30,31)21-13-20(33-16(21)2)22-26-24(32-27-22)19-7-8-19/h3-6,13,18-19H,7-12,14H2,1-2H3,(H,25,29). The molecule has 1 aliphatic carbocycles. The zero-order valence-electron chi connectivity index (χ0n) is 19.3. The van der Waals surface area contributed by atoms with Gasteiger partial charge in [0, 0.05) is 36.3 Å². The van der Waals surface area contributed by atoms with Crippen molar-refractivity contribution in [3.05, 3.63) is 52.2 Å². The van der Waals surface area contributed by atoms with E-state index in [1.165, 1.54) is 21.2 Å². The van der Waals surface area contributed by atoms with E-state index in [4.69, 9.17) is 4.52 Å². The van der Waals surface area contributed by atoms with Gasteiger partial charge in [-0.3, -0.25) is 4.79 Å². The molecule has 0 radical (unpaired) electrons. The maximum absolute atomic E-state index is 13.4. The highest BCUT2D eigenvalue weighted by atomic mass is 32.2. The Kier molecular flexibility index (Phi) is 6.30. The molecule has 1 amide bonds. The molecule has 1 saturated heterocycles. The second-order valence-corrected chi connectivity index (χ2v) is 12.3. The van der Waals surface area contributed by atoms with Crippen molar-refractivity contribution in [1.29, 1.82) is 0 Å². The van der Waals surface area contributed by atoms with Crippen LogP contribution in [-0.4, -0.2) is 41.9 Å². The normalized spacial score (nSPS) is 17.7. The predicted octanol–water partition coefficient (Wildman–Crippen LogP) is 4.01. The number of carbonyl (C=O) groups excluding carboxylic acids is 1. The number of hydrogen-bond acceptors (Lipinski definition) is 7. The van der Waals surface area contributed by atoms with E-state index in [9.17, 15) is 13.2 Å². The number of benzene rings is 1. The van der Waals surface area contributed by atoms with Gasteiger partial charge >= 0.3 is 0 Å². The van der Waals surface area contributed by atoms with E-state index < -0.39 is 10.0 Å². The highest BCUT2D eigenvalue weighted by Crippen LogP contribution is 2.41. The molecule has 10 heteroatoms. The lowest BCUT2D eigenvalue weighted by molar-refractivity contribution is -0.126. The van der Waals surface area contributed by atoms with Gasteiger partial charge in [0.15, 0.2) is 0 Å². The van der Waals surface area contributed by atoms with Gasteiger partial charge in [0.2, 0.25) is 27.6 Å². The van der Waals surface area contributed by atoms with Crippen LogP contribution in [0.1, 0.15) is 53.5 Å². The lowest BCUT2D eigenvalue weighted by Gasteiger charge is -2.30. The molecule has 5 rings (SSSR count). The first kappa shape index (κ1) is 23.2. The van der Waals surface area contributed by atoms with Gasteiger partial charge < -0.3 is 9.84 Å². The van der Waals surface area contributed by atoms with E-state index in [-0.39, 0.29) is 16.7 Å². The molecule has 1 aromatic carbocycles. The topological polar surface area (TPSA) is 105 Å². The second-order valence-electron chi connectivity index (χ2n) is 9.14. The van der Waals surface area contributed by atoms with Crippen molar-refractivity contribution in [2.75, 3.05) is 13.1 Å². The average molecular weight is 501 g/mol. The Morgan fingerprint density at radius 3 is 2.53 bits per heavy atom. The minimum Gasteiger partial charge on any atom is -0.352 e. The molecule has 34 heavy (non-hydrogen) atoms. The Hall–Kier alpha value is -2.56. The van der Waals surface area contributed by atoms with E-state index in [1.807, 2.05) is 31.2 Å². The quantitative estimate of drug-likeness (QED) is 0.526. The third kappa shape index (κ3) is 4.80. The number of aryl methyl sites for hydroxylation is 2. The summed E-state index contributed by atoms with van der Waals surface area (Å²) in [5.41, 5.74) is 2.23. The number of rotatable bonds is 7. The Balaban J connectivity index is 1.20. The van der Waals surface area contributed by atoms with Crippen molar-refractivity contribution in [2.24, 2.45) is 5.92 Å². The number of amides is 1. The molecular weight excluding hydrogens is 472 g/mol. The van der Waals surface area contributed by atoms with Crippen LogP contribution in [0.2, 0.25) is 0 Å². The van der Waals surface area contributed by atoms with Gasteiger partial charge in [-0.2, -0.15) is 9.29 Å². The lowest BCUT2D eigenvalue weighted by atomic mass is 9.97. The number of thiophene rings is 1. The summed E-state index contributed by atoms with van der Waals surface area (Å²) in [6, 6.07) is 9.70. The van der Waals surface area contributed by atoms with Crippen LogP contribution in [0.3, 0.4) is 0 Å². The Bertz CT molecular complexity index is 1280. The smallest absolute Gasteiger partial charge is 0.244 e. The number of aromatic nitrogens is 2. The minimum absolute atomic E-state index is 0.0183. The molecule has 0 spiro atoms. The highest BCUT2D eigenvalue weighted by molar-refractivity contribution is 7.89. The summed E-state index contributed by atoms with van der Waals surface area (Å²) in [5, 5.41) is 7.03. The summed E-state index contributed by atoms with van der Waals surface area (Å²) in [6.07, 6.45) is 3.13. The molecule has 1 aliphatic heterocycles. The van der Waals surface area contributed by atoms with Crippen LogP contribution < -0.4 is 5.32 Å². The molecule has 2 fully saturated rings. The fourth-order valence-electron chi connectivity index (χ4n) is 4.20. The first-order chi connectivity index (χ1) is 16.3. The number of carbonyl (C=O) groups is 1. The van der Waals surface area contributed by atoms with Gasteiger partial charge in [-0.25, -0.2) is 8.42 Å². The summed E-state index contributed by atoms with van der Waals surface area (Å²) in [6.45, 7) is 4.95. The van der Waals surface area contributed by atoms with E-state index in [0.717, 1.165) is 18.4 Å². The molecule has 3 heterocycles. The summed E-state index contributed by atoms with van der Waals surface area (Å²) in [7, 11) is -3.66. The van der Waals surface area contributed by atoms with Crippen LogP contribution in [0.4, 0.5) is 0 Å². The predicted molar refractivity (Wildman–Crippen MR) is 129 cm³/mol. The van der Waals surface area contributed by atoms with Crippen molar-refractivity contribution < 1.29 is 17.7 Å². The largest absolute Gasteiger partial charge is 0.352 e. The fourth-order valence-corrected chi connectivity index (χ4v) is 7.16. The van der Waals surface area contributed by atoms with Crippen LogP contribution in [-0.2, 0) is 21.4 Å². The van der Waals surface area contributed by atoms with Gasteiger partial charge in [-0.05, 0) is 51.2 Å². The van der Waals surface area contributed by atoms with E-state index in [1.54, 1.807) is 13.0 Å². The highest BCUT2D eigenvalue weighted by Gasteiger charge is 2.34. The van der Waals surface area contributed by atoms with Crippen LogP contribution in [0.25, 0.3) is 10.7 Å². The van der Waals surface area contributed by atoms with Crippen molar-refractivity contribution in [1.82, 2.24) is 19.8 Å². The monoisotopic (exact) mass is 500 g/mol. The molecule has 2 aromatic heterocycles. The zero-order valence-corrected chi connectivity index (χ0v) is 20.9. The lowest BCUT2D eigenvalue weighted by Crippen LogP contribution is -2.42. The van der Waals surface area contributed by atoms with Gasteiger partial charge in [0.25, 0.3) is 0 Å². The van der Waals surface area contributed by atoms with Crippen LogP contribution in [0, 0.1) is 19.8 Å². The first-order valence-corrected chi connectivity index (χ1v) is 13.8. The second kappa shape index (κ2) is 9.24. The number of piperidine rings is 1. The van der Waals surface area contributed by atoms with E-state index in [2.05, 4.69) is 15.5 Å². The average Bonchev–Trinajstić information content (AvgIpc) is 3.42. The molecule has 180 valence electrons. The molecule has 3 aromatic rings. The Morgan fingerprint density at radius 1 is 1.15 bits per heavy atom. The van der Waals surface area contributed by atoms with E-state index >= 15 is 0 Å². The Morgan fingerprint density at radius 2 is 1.85 bits per heavy atom. The maximum atomic E-state index is 13.4. The van der Waals surface area contributed by atoms with Crippen LogP contribution >= 0.6 is 11.3 Å². The molecule has 0 bridgehead atoms. The Labute approximate surface area is 203 Å². The number of nitrogens with zero attached hydrogens (tertiary/aromatic N) is 3. The van der Waals surface area contributed by atoms with Gasteiger partial charge in [0.05, 0.1) is 9.77 Å². The van der Waals surface area contributed by atoms with Gasteiger partial charge in [-0.15, -0.1) is 11.3 Å². The number of hydrogen-bond donors (Lipinski definition) is 1. The van der Waals surface area contributed by atoms with Crippen molar-refractivity contribution >= 4 is 27.3 Å². The van der Waals surface area contributed by atoms with Gasteiger partial charge in [0.1, 0.15) is 0 Å². The molecule has 8 nitrogen and oxygen atoms in total. The van der Waals surface area contributed by atoms with Crippen molar-refractivity contribution in [3.8, 4) is 10.7 Å². The van der Waals surface area contributed by atoms with E-state index in [0.29, 0.717) is 59.9 Å². The molecule has 0 atom stereocenters. The number of nitrogens with one attached hydrogen (secondary N) is 1. The minimum atomic E-state index is -3.66. The molecular formula is C24H28N4O4S2. The van der Waals surface area contributed by atoms with Crippen molar-refractivity contribution in [3.63, 3.8) is 0 Å². The first-order valence-electron chi connectivity index (χ1n) is 11.6.